The molecule has 1 saturated heterocycles. The topological polar surface area (TPSA) is 58.4 Å². The van der Waals surface area contributed by atoms with Crippen LogP contribution in [0.4, 0.5) is 10.1 Å². The van der Waals surface area contributed by atoms with Gasteiger partial charge in [-0.2, -0.15) is 0 Å². The molecular weight excluding hydrogens is 281 g/mol. The van der Waals surface area contributed by atoms with Gasteiger partial charge >= 0.3 is 0 Å². The number of rotatable bonds is 4. The molecule has 1 heterocycles. The summed E-state index contributed by atoms with van der Waals surface area (Å²) in [4.78, 5) is 13.9. The number of amides is 1. The summed E-state index contributed by atoms with van der Waals surface area (Å²) in [5.41, 5.74) is 6.05. The van der Waals surface area contributed by atoms with E-state index in [1.54, 1.807) is 18.2 Å². The number of carbonyl (C=O) groups is 1. The molecule has 1 amide bonds. The molecule has 0 aromatic heterocycles. The van der Waals surface area contributed by atoms with Crippen molar-refractivity contribution in [1.29, 1.82) is 0 Å². The molecule has 0 aliphatic carbocycles. The first kappa shape index (κ1) is 16.9. The van der Waals surface area contributed by atoms with E-state index in [0.29, 0.717) is 6.54 Å². The maximum Gasteiger partial charge on any atom is 0.238 e. The average Bonchev–Trinajstić information content (AvgIpc) is 2.74. The minimum atomic E-state index is -0.413. The Morgan fingerprint density at radius 2 is 2.20 bits per heavy atom. The summed E-state index contributed by atoms with van der Waals surface area (Å²) in [6.45, 7) is 4.71. The highest BCUT2D eigenvalue weighted by atomic mass is 35.5. The largest absolute Gasteiger partial charge is 0.330 e. The fourth-order valence-electron chi connectivity index (χ4n) is 2.38. The van der Waals surface area contributed by atoms with Crippen LogP contribution in [0.3, 0.4) is 0 Å². The normalized spacial score (nSPS) is 22.4. The second kappa shape index (κ2) is 7.02. The molecule has 2 rings (SSSR count). The zero-order chi connectivity index (χ0) is 13.9. The van der Waals surface area contributed by atoms with Gasteiger partial charge in [-0.25, -0.2) is 4.39 Å². The Balaban J connectivity index is 0.00000200. The molecule has 1 fully saturated rings. The Morgan fingerprint density at radius 1 is 1.50 bits per heavy atom. The van der Waals surface area contributed by atoms with Gasteiger partial charge in [-0.15, -0.1) is 12.4 Å². The Labute approximate surface area is 124 Å². The van der Waals surface area contributed by atoms with Crippen molar-refractivity contribution in [3.63, 3.8) is 0 Å². The summed E-state index contributed by atoms with van der Waals surface area (Å²) in [6, 6.07) is 6.18. The Kier molecular flexibility index (Phi) is 5.92. The maximum absolute atomic E-state index is 13.4. The van der Waals surface area contributed by atoms with Crippen LogP contribution in [0.25, 0.3) is 0 Å². The van der Waals surface area contributed by atoms with Crippen molar-refractivity contribution in [3.8, 4) is 0 Å². The monoisotopic (exact) mass is 301 g/mol. The summed E-state index contributed by atoms with van der Waals surface area (Å²) in [7, 11) is 0. The maximum atomic E-state index is 13.4. The quantitative estimate of drug-likeness (QED) is 0.892. The highest BCUT2D eigenvalue weighted by molar-refractivity contribution is 5.92. The lowest BCUT2D eigenvalue weighted by Gasteiger charge is -2.22. The van der Waals surface area contributed by atoms with Gasteiger partial charge in [0.15, 0.2) is 0 Å². The van der Waals surface area contributed by atoms with E-state index in [9.17, 15) is 9.18 Å². The SMILES string of the molecule is CC1(CN)CCN(CC(=O)Nc2ccccc2F)C1.Cl. The van der Waals surface area contributed by atoms with Gasteiger partial charge in [-0.1, -0.05) is 19.1 Å². The minimum Gasteiger partial charge on any atom is -0.330 e. The van der Waals surface area contributed by atoms with Crippen molar-refractivity contribution in [1.82, 2.24) is 4.90 Å². The van der Waals surface area contributed by atoms with E-state index in [0.717, 1.165) is 19.5 Å². The van der Waals surface area contributed by atoms with Crippen LogP contribution in [0.1, 0.15) is 13.3 Å². The fourth-order valence-corrected chi connectivity index (χ4v) is 2.38. The van der Waals surface area contributed by atoms with E-state index in [-0.39, 0.29) is 36.0 Å². The predicted octanol–water partition coefficient (Wildman–Crippen LogP) is 1.86. The van der Waals surface area contributed by atoms with Gasteiger partial charge in [-0.05, 0) is 37.1 Å². The van der Waals surface area contributed by atoms with Crippen molar-refractivity contribution in [2.75, 3.05) is 31.5 Å². The van der Waals surface area contributed by atoms with Crippen LogP contribution in [0.15, 0.2) is 24.3 Å². The highest BCUT2D eigenvalue weighted by Gasteiger charge is 2.33. The van der Waals surface area contributed by atoms with Crippen LogP contribution >= 0.6 is 12.4 Å². The van der Waals surface area contributed by atoms with Gasteiger partial charge in [0, 0.05) is 6.54 Å². The van der Waals surface area contributed by atoms with E-state index in [1.165, 1.54) is 6.07 Å². The molecule has 1 aromatic carbocycles. The number of hydrogen-bond donors (Lipinski definition) is 2. The Morgan fingerprint density at radius 3 is 2.80 bits per heavy atom. The molecule has 4 nitrogen and oxygen atoms in total. The van der Waals surface area contributed by atoms with Crippen LogP contribution in [0.2, 0.25) is 0 Å². The lowest BCUT2D eigenvalue weighted by atomic mass is 9.90. The van der Waals surface area contributed by atoms with E-state index in [2.05, 4.69) is 17.1 Å². The second-order valence-corrected chi connectivity index (χ2v) is 5.50. The van der Waals surface area contributed by atoms with Crippen LogP contribution in [0.5, 0.6) is 0 Å². The number of likely N-dealkylation sites (tertiary alicyclic amines) is 1. The molecule has 112 valence electrons. The first-order chi connectivity index (χ1) is 9.02. The third-order valence-corrected chi connectivity index (χ3v) is 3.64. The lowest BCUT2D eigenvalue weighted by molar-refractivity contribution is -0.117. The number of hydrogen-bond acceptors (Lipinski definition) is 3. The first-order valence-corrected chi connectivity index (χ1v) is 6.49. The zero-order valence-corrected chi connectivity index (χ0v) is 12.4. The summed E-state index contributed by atoms with van der Waals surface area (Å²) >= 11 is 0. The minimum absolute atomic E-state index is 0. The van der Waals surface area contributed by atoms with Gasteiger partial charge in [0.1, 0.15) is 5.82 Å². The molecule has 1 aliphatic heterocycles. The van der Waals surface area contributed by atoms with Gasteiger partial charge in [0.2, 0.25) is 5.91 Å². The molecule has 1 aromatic rings. The first-order valence-electron chi connectivity index (χ1n) is 6.49. The number of nitrogens with two attached hydrogens (primary N) is 1. The van der Waals surface area contributed by atoms with Crippen molar-refractivity contribution < 1.29 is 9.18 Å². The third kappa shape index (κ3) is 4.16. The lowest BCUT2D eigenvalue weighted by Crippen LogP contribution is -2.35. The predicted molar refractivity (Wildman–Crippen MR) is 80.5 cm³/mol. The van der Waals surface area contributed by atoms with E-state index in [4.69, 9.17) is 5.73 Å². The van der Waals surface area contributed by atoms with Crippen molar-refractivity contribution in [3.05, 3.63) is 30.1 Å². The number of para-hydroxylation sites is 1. The summed E-state index contributed by atoms with van der Waals surface area (Å²) in [5.74, 6) is -0.601. The molecule has 1 atom stereocenters. The molecule has 0 saturated carbocycles. The van der Waals surface area contributed by atoms with Gasteiger partial charge in [-0.3, -0.25) is 9.69 Å². The number of halogens is 2. The van der Waals surface area contributed by atoms with Gasteiger partial charge < -0.3 is 11.1 Å². The van der Waals surface area contributed by atoms with Crippen molar-refractivity contribution in [2.24, 2.45) is 11.1 Å². The molecule has 0 radical (unpaired) electrons. The van der Waals surface area contributed by atoms with Crippen LogP contribution in [0, 0.1) is 11.2 Å². The molecule has 20 heavy (non-hydrogen) atoms. The Bertz CT molecular complexity index is 471. The van der Waals surface area contributed by atoms with Crippen LogP contribution < -0.4 is 11.1 Å². The Hall–Kier alpha value is -1.17. The smallest absolute Gasteiger partial charge is 0.238 e. The molecule has 0 bridgehead atoms. The standard InChI is InChI=1S/C14H20FN3O.ClH/c1-14(9-16)6-7-18(10-14)8-13(19)17-12-5-3-2-4-11(12)15;/h2-5H,6-10,16H2,1H3,(H,17,19);1H. The molecule has 1 aliphatic rings. The summed E-state index contributed by atoms with van der Waals surface area (Å²) in [5, 5.41) is 2.60. The zero-order valence-electron chi connectivity index (χ0n) is 11.6. The van der Waals surface area contributed by atoms with E-state index >= 15 is 0 Å². The fraction of sp³-hybridized carbons (Fsp3) is 0.500. The highest BCUT2D eigenvalue weighted by Crippen LogP contribution is 2.28. The molecular formula is C14H21ClFN3O. The van der Waals surface area contributed by atoms with Crippen LogP contribution in [-0.2, 0) is 4.79 Å². The number of benzene rings is 1. The molecule has 6 heteroatoms. The number of nitrogens with one attached hydrogen (secondary N) is 1. The van der Waals surface area contributed by atoms with Crippen molar-refractivity contribution >= 4 is 24.0 Å². The third-order valence-electron chi connectivity index (χ3n) is 3.64. The van der Waals surface area contributed by atoms with Crippen molar-refractivity contribution in [2.45, 2.75) is 13.3 Å². The molecule has 1 unspecified atom stereocenters. The number of nitrogens with zero attached hydrogens (tertiary/aromatic N) is 1. The summed E-state index contributed by atoms with van der Waals surface area (Å²) in [6.07, 6.45) is 0.997. The molecule has 3 N–H and O–H groups in total. The number of anilines is 1. The summed E-state index contributed by atoms with van der Waals surface area (Å²) < 4.78 is 13.4. The number of carbonyl (C=O) groups excluding carboxylic acids is 1. The molecule has 0 spiro atoms. The second-order valence-electron chi connectivity index (χ2n) is 5.50. The van der Waals surface area contributed by atoms with Gasteiger partial charge in [0.25, 0.3) is 0 Å². The van der Waals surface area contributed by atoms with Crippen LogP contribution in [-0.4, -0.2) is 37.0 Å². The van der Waals surface area contributed by atoms with Gasteiger partial charge in [0.05, 0.1) is 12.2 Å². The average molecular weight is 302 g/mol. The van der Waals surface area contributed by atoms with E-state index in [1.807, 2.05) is 0 Å². The van der Waals surface area contributed by atoms with E-state index < -0.39 is 5.82 Å².